The van der Waals surface area contributed by atoms with Crippen LogP contribution >= 0.6 is 0 Å². The first-order valence-electron chi connectivity index (χ1n) is 6.25. The summed E-state index contributed by atoms with van der Waals surface area (Å²) < 4.78 is 26.2. The van der Waals surface area contributed by atoms with Crippen molar-refractivity contribution >= 4 is 10.0 Å². The van der Waals surface area contributed by atoms with Gasteiger partial charge < -0.3 is 10.2 Å². The van der Waals surface area contributed by atoms with Crippen LogP contribution in [-0.4, -0.2) is 48.2 Å². The van der Waals surface area contributed by atoms with Gasteiger partial charge in [-0.2, -0.15) is 4.31 Å². The molecule has 1 saturated heterocycles. The Balaban J connectivity index is 2.37. The van der Waals surface area contributed by atoms with Gasteiger partial charge in [0.2, 0.25) is 10.0 Å². The van der Waals surface area contributed by atoms with Crippen molar-refractivity contribution in [3.05, 3.63) is 29.8 Å². The van der Waals surface area contributed by atoms with Crippen LogP contribution in [0.2, 0.25) is 0 Å². The van der Waals surface area contributed by atoms with Crippen LogP contribution in [0.1, 0.15) is 12.5 Å². The van der Waals surface area contributed by atoms with Crippen molar-refractivity contribution in [3.8, 4) is 0 Å². The molecule has 19 heavy (non-hydrogen) atoms. The average Bonchev–Trinajstić information content (AvgIpc) is 2.66. The lowest BCUT2D eigenvalue weighted by atomic mass is 10.0. The molecule has 5 nitrogen and oxygen atoms in total. The van der Waals surface area contributed by atoms with Gasteiger partial charge >= 0.3 is 0 Å². The molecule has 1 aromatic carbocycles. The molecular formula is C13H19NO4S. The average molecular weight is 285 g/mol. The molecule has 106 valence electrons. The van der Waals surface area contributed by atoms with E-state index in [4.69, 9.17) is 0 Å². The number of aryl methyl sites for hydroxylation is 1. The summed E-state index contributed by atoms with van der Waals surface area (Å²) >= 11 is 0. The number of hydrogen-bond acceptors (Lipinski definition) is 4. The van der Waals surface area contributed by atoms with Crippen LogP contribution in [0.15, 0.2) is 29.2 Å². The van der Waals surface area contributed by atoms with E-state index < -0.39 is 22.2 Å². The highest BCUT2D eigenvalue weighted by molar-refractivity contribution is 7.89. The van der Waals surface area contributed by atoms with E-state index in [2.05, 4.69) is 0 Å². The van der Waals surface area contributed by atoms with E-state index in [9.17, 15) is 18.6 Å². The fraction of sp³-hybridized carbons (Fsp3) is 0.538. The van der Waals surface area contributed by atoms with Crippen molar-refractivity contribution in [1.82, 2.24) is 4.31 Å². The topological polar surface area (TPSA) is 77.8 Å². The summed E-state index contributed by atoms with van der Waals surface area (Å²) in [5, 5.41) is 19.2. The Morgan fingerprint density at radius 2 is 1.89 bits per heavy atom. The summed E-state index contributed by atoms with van der Waals surface area (Å²) in [5.74, 6) is -0.273. The van der Waals surface area contributed by atoms with E-state index in [0.29, 0.717) is 0 Å². The van der Waals surface area contributed by atoms with Crippen molar-refractivity contribution in [2.45, 2.75) is 30.9 Å². The molecule has 0 aromatic heterocycles. The fourth-order valence-electron chi connectivity index (χ4n) is 2.38. The van der Waals surface area contributed by atoms with Crippen LogP contribution in [0, 0.1) is 12.8 Å². The quantitative estimate of drug-likeness (QED) is 0.840. The molecule has 1 aliphatic heterocycles. The molecule has 2 rings (SSSR count). The fourth-order valence-corrected chi connectivity index (χ4v) is 4.10. The van der Waals surface area contributed by atoms with Crippen LogP contribution in [0.3, 0.4) is 0 Å². The zero-order valence-electron chi connectivity index (χ0n) is 11.0. The minimum absolute atomic E-state index is 0.0304. The van der Waals surface area contributed by atoms with Gasteiger partial charge in [-0.1, -0.05) is 24.6 Å². The van der Waals surface area contributed by atoms with Gasteiger partial charge in [-0.05, 0) is 19.1 Å². The molecule has 0 bridgehead atoms. The Morgan fingerprint density at radius 1 is 1.32 bits per heavy atom. The molecule has 1 aromatic rings. The predicted molar refractivity (Wildman–Crippen MR) is 71.1 cm³/mol. The molecule has 0 spiro atoms. The van der Waals surface area contributed by atoms with Crippen molar-refractivity contribution < 1.29 is 18.6 Å². The van der Waals surface area contributed by atoms with Gasteiger partial charge in [0.1, 0.15) is 0 Å². The summed E-state index contributed by atoms with van der Waals surface area (Å²) in [6.45, 7) is 3.37. The van der Waals surface area contributed by atoms with Gasteiger partial charge in [0.15, 0.2) is 0 Å². The SMILES string of the molecule is Cc1ccc(S(=O)(=O)N2CC(O)C(C)C2CO)cc1. The zero-order valence-corrected chi connectivity index (χ0v) is 11.8. The molecule has 2 N–H and O–H groups in total. The first-order chi connectivity index (χ1) is 8.87. The number of hydrogen-bond donors (Lipinski definition) is 2. The van der Waals surface area contributed by atoms with Crippen LogP contribution in [-0.2, 0) is 10.0 Å². The van der Waals surface area contributed by atoms with Gasteiger partial charge in [0.05, 0.1) is 23.6 Å². The third-order valence-electron chi connectivity index (χ3n) is 3.77. The van der Waals surface area contributed by atoms with Crippen LogP contribution in [0.5, 0.6) is 0 Å². The molecule has 0 aliphatic carbocycles. The van der Waals surface area contributed by atoms with E-state index >= 15 is 0 Å². The molecule has 0 amide bonds. The monoisotopic (exact) mass is 285 g/mol. The van der Waals surface area contributed by atoms with Gasteiger partial charge in [0, 0.05) is 12.5 Å². The molecule has 3 unspecified atom stereocenters. The maximum Gasteiger partial charge on any atom is 0.243 e. The largest absolute Gasteiger partial charge is 0.395 e. The Hall–Kier alpha value is -0.950. The summed E-state index contributed by atoms with van der Waals surface area (Å²) in [5.41, 5.74) is 0.979. The Bertz CT molecular complexity index is 540. The lowest BCUT2D eigenvalue weighted by molar-refractivity contribution is 0.132. The number of sulfonamides is 1. The molecule has 3 atom stereocenters. The highest BCUT2D eigenvalue weighted by atomic mass is 32.2. The van der Waals surface area contributed by atoms with Gasteiger partial charge in [-0.3, -0.25) is 0 Å². The lowest BCUT2D eigenvalue weighted by Crippen LogP contribution is -2.39. The second kappa shape index (κ2) is 5.20. The third kappa shape index (κ3) is 2.53. The lowest BCUT2D eigenvalue weighted by Gasteiger charge is -2.24. The smallest absolute Gasteiger partial charge is 0.243 e. The Labute approximate surface area is 113 Å². The Morgan fingerprint density at radius 3 is 2.42 bits per heavy atom. The highest BCUT2D eigenvalue weighted by Crippen LogP contribution is 2.30. The summed E-state index contributed by atoms with van der Waals surface area (Å²) in [6, 6.07) is 6.00. The predicted octanol–water partition coefficient (Wildman–Crippen LogP) is 0.357. The van der Waals surface area contributed by atoms with Gasteiger partial charge in [-0.25, -0.2) is 8.42 Å². The molecule has 1 aliphatic rings. The van der Waals surface area contributed by atoms with Crippen molar-refractivity contribution in [3.63, 3.8) is 0 Å². The van der Waals surface area contributed by atoms with E-state index in [-0.39, 0.29) is 24.0 Å². The highest BCUT2D eigenvalue weighted by Gasteiger charge is 2.44. The maximum absolute atomic E-state index is 12.5. The second-order valence-corrected chi connectivity index (χ2v) is 6.95. The normalized spacial score (nSPS) is 28.7. The van der Waals surface area contributed by atoms with Gasteiger partial charge in [-0.15, -0.1) is 0 Å². The number of β-amino-alcohol motifs (C(OH)–C–C–N with tert-alkyl or cyclic N) is 1. The molecule has 0 radical (unpaired) electrons. The van der Waals surface area contributed by atoms with Gasteiger partial charge in [0.25, 0.3) is 0 Å². The summed E-state index contributed by atoms with van der Waals surface area (Å²) in [4.78, 5) is 0.192. The minimum Gasteiger partial charge on any atom is -0.395 e. The van der Waals surface area contributed by atoms with E-state index in [0.717, 1.165) is 5.56 Å². The number of aliphatic hydroxyl groups is 2. The molecule has 1 heterocycles. The van der Waals surface area contributed by atoms with Crippen molar-refractivity contribution in [1.29, 1.82) is 0 Å². The minimum atomic E-state index is -3.67. The molecular weight excluding hydrogens is 266 g/mol. The summed E-state index contributed by atoms with van der Waals surface area (Å²) in [6.07, 6.45) is -0.739. The van der Waals surface area contributed by atoms with E-state index in [1.807, 2.05) is 6.92 Å². The first-order valence-corrected chi connectivity index (χ1v) is 7.69. The van der Waals surface area contributed by atoms with Crippen LogP contribution < -0.4 is 0 Å². The van der Waals surface area contributed by atoms with E-state index in [1.54, 1.807) is 31.2 Å². The molecule has 0 saturated carbocycles. The number of aliphatic hydroxyl groups excluding tert-OH is 2. The third-order valence-corrected chi connectivity index (χ3v) is 5.67. The number of benzene rings is 1. The maximum atomic E-state index is 12.5. The standard InChI is InChI=1S/C13H19NO4S/c1-9-3-5-11(6-4-9)19(17,18)14-7-13(16)10(2)12(14)8-15/h3-6,10,12-13,15-16H,7-8H2,1-2H3. The van der Waals surface area contributed by atoms with Crippen LogP contribution in [0.4, 0.5) is 0 Å². The van der Waals surface area contributed by atoms with Crippen molar-refractivity contribution in [2.24, 2.45) is 5.92 Å². The summed E-state index contributed by atoms with van der Waals surface area (Å²) in [7, 11) is -3.67. The second-order valence-electron chi connectivity index (χ2n) is 5.06. The molecule has 1 fully saturated rings. The molecule has 6 heteroatoms. The zero-order chi connectivity index (χ0) is 14.2. The number of nitrogens with zero attached hydrogens (tertiary/aromatic N) is 1. The van der Waals surface area contributed by atoms with Crippen LogP contribution in [0.25, 0.3) is 0 Å². The first kappa shape index (κ1) is 14.5. The van der Waals surface area contributed by atoms with E-state index in [1.165, 1.54) is 4.31 Å². The number of rotatable bonds is 3. The Kier molecular flexibility index (Phi) is 3.96. The van der Waals surface area contributed by atoms with Crippen molar-refractivity contribution in [2.75, 3.05) is 13.2 Å².